The SMILES string of the molecule is NC(=O)c1cnn(-c2ccccc2)c1NC(=O)CCl. The van der Waals surface area contributed by atoms with Gasteiger partial charge in [-0.3, -0.25) is 9.59 Å². The van der Waals surface area contributed by atoms with E-state index in [0.29, 0.717) is 5.69 Å². The number of para-hydroxylation sites is 1. The van der Waals surface area contributed by atoms with Crippen molar-refractivity contribution in [3.05, 3.63) is 42.1 Å². The number of alkyl halides is 1. The molecule has 2 rings (SSSR count). The van der Waals surface area contributed by atoms with Crippen molar-refractivity contribution in [2.24, 2.45) is 5.73 Å². The summed E-state index contributed by atoms with van der Waals surface area (Å²) in [6.07, 6.45) is 1.30. The lowest BCUT2D eigenvalue weighted by Gasteiger charge is -2.09. The summed E-state index contributed by atoms with van der Waals surface area (Å²) in [5.41, 5.74) is 6.07. The van der Waals surface area contributed by atoms with Crippen LogP contribution in [0.1, 0.15) is 10.4 Å². The Labute approximate surface area is 114 Å². The Bertz CT molecular complexity index is 609. The maximum Gasteiger partial charge on any atom is 0.254 e. The maximum absolute atomic E-state index is 11.4. The molecule has 0 atom stereocenters. The van der Waals surface area contributed by atoms with Gasteiger partial charge in [0.05, 0.1) is 11.9 Å². The third-order valence-electron chi connectivity index (χ3n) is 2.41. The lowest BCUT2D eigenvalue weighted by molar-refractivity contribution is -0.114. The van der Waals surface area contributed by atoms with E-state index in [1.54, 1.807) is 12.1 Å². The number of benzene rings is 1. The van der Waals surface area contributed by atoms with E-state index < -0.39 is 11.8 Å². The third kappa shape index (κ3) is 2.74. The molecule has 1 heterocycles. The highest BCUT2D eigenvalue weighted by atomic mass is 35.5. The summed E-state index contributed by atoms with van der Waals surface area (Å²) in [5, 5.41) is 6.57. The predicted octanol–water partition coefficient (Wildman–Crippen LogP) is 1.15. The Hall–Kier alpha value is -2.34. The van der Waals surface area contributed by atoms with Crippen LogP contribution in [0.2, 0.25) is 0 Å². The highest BCUT2D eigenvalue weighted by Gasteiger charge is 2.18. The van der Waals surface area contributed by atoms with Crippen molar-refractivity contribution in [2.45, 2.75) is 0 Å². The van der Waals surface area contributed by atoms with Gasteiger partial charge in [-0.1, -0.05) is 18.2 Å². The van der Waals surface area contributed by atoms with Crippen LogP contribution < -0.4 is 11.1 Å². The first kappa shape index (κ1) is 13.1. The topological polar surface area (TPSA) is 90.0 Å². The van der Waals surface area contributed by atoms with Crippen LogP contribution in [0.25, 0.3) is 5.69 Å². The van der Waals surface area contributed by atoms with Gasteiger partial charge in [-0.25, -0.2) is 4.68 Å². The van der Waals surface area contributed by atoms with Crippen LogP contribution in [-0.4, -0.2) is 27.5 Å². The first-order chi connectivity index (χ1) is 9.13. The summed E-state index contributed by atoms with van der Waals surface area (Å²) in [6.45, 7) is 0. The Morgan fingerprint density at radius 1 is 1.32 bits per heavy atom. The highest BCUT2D eigenvalue weighted by molar-refractivity contribution is 6.29. The number of hydrogen-bond donors (Lipinski definition) is 2. The van der Waals surface area contributed by atoms with E-state index in [2.05, 4.69) is 10.4 Å². The number of carbonyl (C=O) groups is 2. The number of hydrogen-bond acceptors (Lipinski definition) is 3. The maximum atomic E-state index is 11.4. The van der Waals surface area contributed by atoms with Gasteiger partial charge in [-0.2, -0.15) is 5.10 Å². The van der Waals surface area contributed by atoms with Crippen LogP contribution >= 0.6 is 11.6 Å². The fourth-order valence-corrected chi connectivity index (χ4v) is 1.65. The van der Waals surface area contributed by atoms with Crippen LogP contribution in [-0.2, 0) is 4.79 Å². The number of halogens is 1. The Morgan fingerprint density at radius 3 is 2.58 bits per heavy atom. The number of aromatic nitrogens is 2. The molecule has 2 amide bonds. The molecule has 0 bridgehead atoms. The summed E-state index contributed by atoms with van der Waals surface area (Å²) in [4.78, 5) is 22.7. The summed E-state index contributed by atoms with van der Waals surface area (Å²) in [7, 11) is 0. The molecule has 6 nitrogen and oxygen atoms in total. The molecule has 0 fully saturated rings. The van der Waals surface area contributed by atoms with Gasteiger partial charge in [-0.15, -0.1) is 11.6 Å². The van der Waals surface area contributed by atoms with Gasteiger partial charge in [-0.05, 0) is 12.1 Å². The fraction of sp³-hybridized carbons (Fsp3) is 0.0833. The van der Waals surface area contributed by atoms with E-state index >= 15 is 0 Å². The number of nitrogens with one attached hydrogen (secondary N) is 1. The highest BCUT2D eigenvalue weighted by Crippen LogP contribution is 2.19. The zero-order valence-corrected chi connectivity index (χ0v) is 10.6. The van der Waals surface area contributed by atoms with E-state index in [4.69, 9.17) is 17.3 Å². The van der Waals surface area contributed by atoms with E-state index in [1.807, 2.05) is 18.2 Å². The number of anilines is 1. The lowest BCUT2D eigenvalue weighted by Crippen LogP contribution is -2.20. The van der Waals surface area contributed by atoms with Crippen LogP contribution in [0.4, 0.5) is 5.82 Å². The molecule has 19 heavy (non-hydrogen) atoms. The molecular formula is C12H11ClN4O2. The summed E-state index contributed by atoms with van der Waals surface area (Å²) in [5.74, 6) is -1.13. The number of rotatable bonds is 4. The molecule has 0 aliphatic rings. The van der Waals surface area contributed by atoms with Crippen molar-refractivity contribution in [3.63, 3.8) is 0 Å². The zero-order valence-electron chi connectivity index (χ0n) is 9.84. The molecule has 7 heteroatoms. The Morgan fingerprint density at radius 2 is 2.00 bits per heavy atom. The Balaban J connectivity index is 2.50. The zero-order chi connectivity index (χ0) is 13.8. The standard InChI is InChI=1S/C12H11ClN4O2/c13-6-10(18)16-12-9(11(14)19)7-15-17(12)8-4-2-1-3-5-8/h1-5,7H,6H2,(H2,14,19)(H,16,18). The molecule has 0 aliphatic heterocycles. The summed E-state index contributed by atoms with van der Waals surface area (Å²) >= 11 is 5.44. The molecule has 2 aromatic rings. The van der Waals surface area contributed by atoms with Gasteiger partial charge in [0.25, 0.3) is 5.91 Å². The number of primary amides is 1. The second-order valence-electron chi connectivity index (χ2n) is 3.70. The third-order valence-corrected chi connectivity index (χ3v) is 2.66. The van der Waals surface area contributed by atoms with Crippen LogP contribution in [0.3, 0.4) is 0 Å². The van der Waals surface area contributed by atoms with Gasteiger partial charge in [0.1, 0.15) is 17.3 Å². The molecule has 3 N–H and O–H groups in total. The first-order valence-electron chi connectivity index (χ1n) is 5.42. The Kier molecular flexibility index (Phi) is 3.82. The first-order valence-corrected chi connectivity index (χ1v) is 5.96. The monoisotopic (exact) mass is 278 g/mol. The number of nitrogens with two attached hydrogens (primary N) is 1. The molecule has 0 radical (unpaired) electrons. The minimum absolute atomic E-state index is 0.127. The van der Waals surface area contributed by atoms with Gasteiger partial charge in [0.2, 0.25) is 5.91 Å². The van der Waals surface area contributed by atoms with Gasteiger partial charge in [0, 0.05) is 0 Å². The molecule has 0 aliphatic carbocycles. The van der Waals surface area contributed by atoms with E-state index in [1.165, 1.54) is 10.9 Å². The number of amides is 2. The normalized spacial score (nSPS) is 10.2. The van der Waals surface area contributed by atoms with Gasteiger partial charge in [0.15, 0.2) is 0 Å². The second-order valence-corrected chi connectivity index (χ2v) is 3.97. The van der Waals surface area contributed by atoms with E-state index in [0.717, 1.165) is 0 Å². The summed E-state index contributed by atoms with van der Waals surface area (Å²) < 4.78 is 1.42. The predicted molar refractivity (Wildman–Crippen MR) is 71.4 cm³/mol. The van der Waals surface area contributed by atoms with Crippen molar-refractivity contribution in [1.82, 2.24) is 9.78 Å². The lowest BCUT2D eigenvalue weighted by atomic mass is 10.3. The van der Waals surface area contributed by atoms with Crippen LogP contribution in [0, 0.1) is 0 Å². The summed E-state index contributed by atoms with van der Waals surface area (Å²) in [6, 6.07) is 9.05. The van der Waals surface area contributed by atoms with Crippen LogP contribution in [0.15, 0.2) is 36.5 Å². The average Bonchev–Trinajstić information content (AvgIpc) is 2.83. The van der Waals surface area contributed by atoms with E-state index in [-0.39, 0.29) is 17.3 Å². The largest absolute Gasteiger partial charge is 0.365 e. The second kappa shape index (κ2) is 5.53. The minimum Gasteiger partial charge on any atom is -0.365 e. The van der Waals surface area contributed by atoms with Crippen molar-refractivity contribution < 1.29 is 9.59 Å². The molecule has 98 valence electrons. The van der Waals surface area contributed by atoms with Gasteiger partial charge < -0.3 is 11.1 Å². The smallest absolute Gasteiger partial charge is 0.254 e. The van der Waals surface area contributed by atoms with E-state index in [9.17, 15) is 9.59 Å². The molecular weight excluding hydrogens is 268 g/mol. The van der Waals surface area contributed by atoms with Crippen molar-refractivity contribution in [3.8, 4) is 5.69 Å². The molecule has 1 aromatic carbocycles. The molecule has 0 unspecified atom stereocenters. The number of nitrogens with zero attached hydrogens (tertiary/aromatic N) is 2. The minimum atomic E-state index is -0.674. The molecule has 0 saturated heterocycles. The molecule has 0 spiro atoms. The average molecular weight is 279 g/mol. The molecule has 0 saturated carbocycles. The number of carbonyl (C=O) groups excluding carboxylic acids is 2. The van der Waals surface area contributed by atoms with Crippen molar-refractivity contribution >= 4 is 29.2 Å². The van der Waals surface area contributed by atoms with Crippen LogP contribution in [0.5, 0.6) is 0 Å². The fourth-order valence-electron chi connectivity index (χ4n) is 1.58. The van der Waals surface area contributed by atoms with Gasteiger partial charge >= 0.3 is 0 Å². The van der Waals surface area contributed by atoms with Crippen molar-refractivity contribution in [2.75, 3.05) is 11.2 Å². The quantitative estimate of drug-likeness (QED) is 0.822. The van der Waals surface area contributed by atoms with Crippen molar-refractivity contribution in [1.29, 1.82) is 0 Å². The molecule has 1 aromatic heterocycles.